The first-order valence-electron chi connectivity index (χ1n) is 9.27. The minimum absolute atomic E-state index is 0.0338. The second-order valence-electron chi connectivity index (χ2n) is 6.70. The van der Waals surface area contributed by atoms with Crippen molar-refractivity contribution in [1.82, 2.24) is 0 Å². The molecule has 0 fully saturated rings. The minimum Gasteiger partial charge on any atom is -0.506 e. The predicted molar refractivity (Wildman–Crippen MR) is 110 cm³/mol. The fourth-order valence-electron chi connectivity index (χ4n) is 3.08. The lowest BCUT2D eigenvalue weighted by Gasteiger charge is -2.15. The Morgan fingerprint density at radius 3 is 2.54 bits per heavy atom. The molecule has 0 radical (unpaired) electrons. The zero-order chi connectivity index (χ0) is 20.1. The van der Waals surface area contributed by atoms with E-state index in [4.69, 9.17) is 4.74 Å². The molecule has 5 heteroatoms. The number of carbonyl (C=O) groups is 2. The zero-order valence-corrected chi connectivity index (χ0v) is 15.9. The summed E-state index contributed by atoms with van der Waals surface area (Å²) in [6.07, 6.45) is 0.948. The van der Waals surface area contributed by atoms with Crippen LogP contribution in [0.5, 0.6) is 5.75 Å². The number of fused-ring (bicyclic) bond motifs is 1. The SMILES string of the molecule is CC[C@@H](C)c1ccccc1NC(=O)COC(=O)c1ccc2ccccc2c1O. The minimum atomic E-state index is -0.742. The first-order valence-corrected chi connectivity index (χ1v) is 9.27. The number of hydrogen-bond acceptors (Lipinski definition) is 4. The summed E-state index contributed by atoms with van der Waals surface area (Å²) in [5.41, 5.74) is 1.79. The zero-order valence-electron chi connectivity index (χ0n) is 15.9. The van der Waals surface area contributed by atoms with Gasteiger partial charge in [-0.3, -0.25) is 4.79 Å². The van der Waals surface area contributed by atoms with E-state index < -0.39 is 18.5 Å². The van der Waals surface area contributed by atoms with E-state index in [1.165, 1.54) is 6.07 Å². The number of esters is 1. The molecular formula is C23H23NO4. The van der Waals surface area contributed by atoms with Crippen LogP contribution >= 0.6 is 0 Å². The molecule has 0 heterocycles. The summed E-state index contributed by atoms with van der Waals surface area (Å²) >= 11 is 0. The third-order valence-electron chi connectivity index (χ3n) is 4.83. The molecule has 2 N–H and O–H groups in total. The number of phenolic OH excluding ortho intramolecular Hbond substituents is 1. The summed E-state index contributed by atoms with van der Waals surface area (Å²) in [7, 11) is 0. The first kappa shape index (κ1) is 19.4. The molecule has 144 valence electrons. The van der Waals surface area contributed by atoms with E-state index in [-0.39, 0.29) is 11.3 Å². The van der Waals surface area contributed by atoms with E-state index in [0.717, 1.165) is 17.4 Å². The number of benzene rings is 3. The fraction of sp³-hybridized carbons (Fsp3) is 0.217. The third kappa shape index (κ3) is 4.14. The van der Waals surface area contributed by atoms with Gasteiger partial charge in [-0.2, -0.15) is 0 Å². The van der Waals surface area contributed by atoms with E-state index in [9.17, 15) is 14.7 Å². The Balaban J connectivity index is 1.67. The average Bonchev–Trinajstić information content (AvgIpc) is 2.72. The smallest absolute Gasteiger partial charge is 0.342 e. The van der Waals surface area contributed by atoms with E-state index in [0.29, 0.717) is 17.0 Å². The molecule has 3 aromatic rings. The highest BCUT2D eigenvalue weighted by Gasteiger charge is 2.17. The molecule has 5 nitrogen and oxygen atoms in total. The largest absolute Gasteiger partial charge is 0.506 e. The third-order valence-corrected chi connectivity index (χ3v) is 4.83. The second-order valence-corrected chi connectivity index (χ2v) is 6.70. The number of para-hydroxylation sites is 1. The van der Waals surface area contributed by atoms with Gasteiger partial charge in [0.2, 0.25) is 0 Å². The van der Waals surface area contributed by atoms with Gasteiger partial charge in [0.25, 0.3) is 5.91 Å². The summed E-state index contributed by atoms with van der Waals surface area (Å²) in [6.45, 7) is 3.74. The molecule has 28 heavy (non-hydrogen) atoms. The van der Waals surface area contributed by atoms with Gasteiger partial charge in [-0.05, 0) is 35.4 Å². The molecule has 0 bridgehead atoms. The van der Waals surface area contributed by atoms with Crippen molar-refractivity contribution in [2.45, 2.75) is 26.2 Å². The molecular weight excluding hydrogens is 354 g/mol. The Hall–Kier alpha value is -3.34. The number of aromatic hydroxyl groups is 1. The van der Waals surface area contributed by atoms with Gasteiger partial charge in [-0.1, -0.05) is 62.4 Å². The molecule has 3 rings (SSSR count). The molecule has 3 aromatic carbocycles. The lowest BCUT2D eigenvalue weighted by Crippen LogP contribution is -2.21. The number of rotatable bonds is 6. The van der Waals surface area contributed by atoms with Crippen LogP contribution in [0.1, 0.15) is 42.1 Å². The fourth-order valence-corrected chi connectivity index (χ4v) is 3.08. The normalized spacial score (nSPS) is 11.8. The van der Waals surface area contributed by atoms with Gasteiger partial charge in [-0.25, -0.2) is 4.79 Å². The number of ether oxygens (including phenoxy) is 1. The van der Waals surface area contributed by atoms with Crippen molar-refractivity contribution in [3.8, 4) is 5.75 Å². The van der Waals surface area contributed by atoms with E-state index >= 15 is 0 Å². The first-order chi connectivity index (χ1) is 13.5. The van der Waals surface area contributed by atoms with Crippen molar-refractivity contribution >= 4 is 28.3 Å². The van der Waals surface area contributed by atoms with Crippen molar-refractivity contribution < 1.29 is 19.4 Å². The molecule has 0 aromatic heterocycles. The van der Waals surface area contributed by atoms with E-state index in [1.54, 1.807) is 18.2 Å². The molecule has 0 aliphatic heterocycles. The predicted octanol–water partition coefficient (Wildman–Crippen LogP) is 4.85. The van der Waals surface area contributed by atoms with Gasteiger partial charge in [0.1, 0.15) is 11.3 Å². The Kier molecular flexibility index (Phi) is 5.94. The van der Waals surface area contributed by atoms with Crippen LogP contribution in [0.25, 0.3) is 10.8 Å². The maximum Gasteiger partial charge on any atom is 0.342 e. The molecule has 1 atom stereocenters. The summed E-state index contributed by atoms with van der Waals surface area (Å²) in [6, 6.07) is 18.0. The van der Waals surface area contributed by atoms with Gasteiger partial charge in [-0.15, -0.1) is 0 Å². The summed E-state index contributed by atoms with van der Waals surface area (Å²) < 4.78 is 5.11. The molecule has 0 spiro atoms. The van der Waals surface area contributed by atoms with Gasteiger partial charge in [0.15, 0.2) is 6.61 Å². The highest BCUT2D eigenvalue weighted by atomic mass is 16.5. The van der Waals surface area contributed by atoms with Crippen molar-refractivity contribution in [1.29, 1.82) is 0 Å². The van der Waals surface area contributed by atoms with Crippen LogP contribution in [-0.4, -0.2) is 23.6 Å². The van der Waals surface area contributed by atoms with Gasteiger partial charge < -0.3 is 15.2 Å². The molecule has 1 amide bonds. The molecule has 0 unspecified atom stereocenters. The van der Waals surface area contributed by atoms with Crippen LogP contribution < -0.4 is 5.32 Å². The van der Waals surface area contributed by atoms with Gasteiger partial charge in [0, 0.05) is 11.1 Å². The topological polar surface area (TPSA) is 75.6 Å². The molecule has 0 saturated heterocycles. The van der Waals surface area contributed by atoms with Gasteiger partial charge in [0.05, 0.1) is 0 Å². The summed E-state index contributed by atoms with van der Waals surface area (Å²) in [5.74, 6) is -1.02. The maximum atomic E-state index is 12.3. The highest BCUT2D eigenvalue weighted by Crippen LogP contribution is 2.29. The monoisotopic (exact) mass is 377 g/mol. The number of anilines is 1. The Morgan fingerprint density at radius 2 is 1.75 bits per heavy atom. The van der Waals surface area contributed by atoms with Crippen molar-refractivity contribution in [2.24, 2.45) is 0 Å². The second kappa shape index (κ2) is 8.57. The van der Waals surface area contributed by atoms with Crippen LogP contribution in [0.4, 0.5) is 5.69 Å². The van der Waals surface area contributed by atoms with Crippen LogP contribution in [0.3, 0.4) is 0 Å². The van der Waals surface area contributed by atoms with Crippen molar-refractivity contribution in [2.75, 3.05) is 11.9 Å². The number of hydrogen-bond donors (Lipinski definition) is 2. The van der Waals surface area contributed by atoms with Crippen molar-refractivity contribution in [3.63, 3.8) is 0 Å². The van der Waals surface area contributed by atoms with Crippen LogP contribution in [0.2, 0.25) is 0 Å². The van der Waals surface area contributed by atoms with Crippen LogP contribution in [0.15, 0.2) is 60.7 Å². The summed E-state index contributed by atoms with van der Waals surface area (Å²) in [4.78, 5) is 24.6. The molecule has 0 saturated carbocycles. The standard InChI is InChI=1S/C23H23NO4/c1-3-15(2)17-9-6-7-11-20(17)24-21(25)14-28-23(27)19-13-12-16-8-4-5-10-18(16)22(19)26/h4-13,15,26H,3,14H2,1-2H3,(H,24,25)/t15-/m1/s1. The highest BCUT2D eigenvalue weighted by molar-refractivity contribution is 6.02. The van der Waals surface area contributed by atoms with Crippen molar-refractivity contribution in [3.05, 3.63) is 71.8 Å². The average molecular weight is 377 g/mol. The van der Waals surface area contributed by atoms with Crippen LogP contribution in [0, 0.1) is 0 Å². The van der Waals surface area contributed by atoms with E-state index in [1.807, 2.05) is 36.4 Å². The lowest BCUT2D eigenvalue weighted by molar-refractivity contribution is -0.119. The number of nitrogens with one attached hydrogen (secondary N) is 1. The maximum absolute atomic E-state index is 12.3. The summed E-state index contributed by atoms with van der Waals surface area (Å²) in [5, 5.41) is 14.5. The van der Waals surface area contributed by atoms with Gasteiger partial charge >= 0.3 is 5.97 Å². The Morgan fingerprint density at radius 1 is 1.04 bits per heavy atom. The Bertz CT molecular complexity index is 1010. The van der Waals surface area contributed by atoms with E-state index in [2.05, 4.69) is 19.2 Å². The molecule has 0 aliphatic carbocycles. The lowest BCUT2D eigenvalue weighted by atomic mass is 9.97. The quantitative estimate of drug-likeness (QED) is 0.602. The number of carbonyl (C=O) groups excluding carboxylic acids is 2. The Labute approximate surface area is 164 Å². The van der Waals surface area contributed by atoms with Crippen LogP contribution in [-0.2, 0) is 9.53 Å². The number of phenols is 1. The number of amides is 1. The molecule has 0 aliphatic rings.